The summed E-state index contributed by atoms with van der Waals surface area (Å²) < 4.78 is 39.1. The van der Waals surface area contributed by atoms with Crippen LogP contribution < -0.4 is 5.32 Å². The van der Waals surface area contributed by atoms with Gasteiger partial charge in [0.25, 0.3) is 0 Å². The van der Waals surface area contributed by atoms with Gasteiger partial charge in [0.15, 0.2) is 0 Å². The maximum absolute atomic E-state index is 13.0. The van der Waals surface area contributed by atoms with E-state index in [9.17, 15) is 27.9 Å². The van der Waals surface area contributed by atoms with Crippen LogP contribution in [0.5, 0.6) is 0 Å². The number of nitrogens with zero attached hydrogens (tertiary/aromatic N) is 1. The van der Waals surface area contributed by atoms with Crippen molar-refractivity contribution in [2.45, 2.75) is 50.4 Å². The fourth-order valence-corrected chi connectivity index (χ4v) is 3.97. The molecule has 0 spiro atoms. The zero-order chi connectivity index (χ0) is 19.6. The van der Waals surface area contributed by atoms with Gasteiger partial charge in [0.2, 0.25) is 11.8 Å². The molecule has 1 aliphatic carbocycles. The maximum atomic E-state index is 13.0. The lowest BCUT2D eigenvalue weighted by molar-refractivity contribution is -0.139. The zero-order valence-electron chi connectivity index (χ0n) is 14.8. The number of carbonyl (C=O) groups excluding carboxylic acids is 2. The second-order valence-corrected chi connectivity index (χ2v) is 7.23. The van der Waals surface area contributed by atoms with Gasteiger partial charge in [-0.3, -0.25) is 9.59 Å². The Kier molecular flexibility index (Phi) is 5.74. The van der Waals surface area contributed by atoms with Crippen molar-refractivity contribution in [1.29, 1.82) is 0 Å². The van der Waals surface area contributed by atoms with E-state index in [1.807, 2.05) is 0 Å². The average Bonchev–Trinajstić information content (AvgIpc) is 3.28. The third-order valence-electron chi connectivity index (χ3n) is 5.39. The van der Waals surface area contributed by atoms with Gasteiger partial charge in [-0.15, -0.1) is 0 Å². The van der Waals surface area contributed by atoms with Crippen molar-refractivity contribution in [3.8, 4) is 0 Å². The first-order chi connectivity index (χ1) is 12.8. The van der Waals surface area contributed by atoms with Crippen LogP contribution in [0.3, 0.4) is 0 Å². The lowest BCUT2D eigenvalue weighted by Crippen LogP contribution is -2.38. The van der Waals surface area contributed by atoms with E-state index < -0.39 is 29.7 Å². The number of aliphatic hydroxyl groups excluding tert-OH is 1. The van der Waals surface area contributed by atoms with Gasteiger partial charge in [0, 0.05) is 25.6 Å². The highest BCUT2D eigenvalue weighted by Crippen LogP contribution is 2.34. The van der Waals surface area contributed by atoms with E-state index >= 15 is 0 Å². The molecule has 1 aliphatic heterocycles. The Labute approximate surface area is 155 Å². The molecule has 148 valence electrons. The van der Waals surface area contributed by atoms with E-state index in [1.165, 1.54) is 18.2 Å². The summed E-state index contributed by atoms with van der Waals surface area (Å²) in [5, 5.41) is 12.6. The Balaban J connectivity index is 1.57. The molecule has 0 bridgehead atoms. The van der Waals surface area contributed by atoms with Crippen LogP contribution in [-0.4, -0.2) is 41.0 Å². The van der Waals surface area contributed by atoms with Gasteiger partial charge in [0.05, 0.1) is 17.6 Å². The minimum absolute atomic E-state index is 0.0509. The number of hydrogen-bond acceptors (Lipinski definition) is 3. The number of carbonyl (C=O) groups is 2. The largest absolute Gasteiger partial charge is 0.416 e. The van der Waals surface area contributed by atoms with E-state index in [1.54, 1.807) is 4.90 Å². The van der Waals surface area contributed by atoms with E-state index in [2.05, 4.69) is 5.32 Å². The van der Waals surface area contributed by atoms with Crippen LogP contribution in [-0.2, 0) is 15.8 Å². The van der Waals surface area contributed by atoms with Crippen LogP contribution in [0, 0.1) is 5.92 Å². The first-order valence-electron chi connectivity index (χ1n) is 9.18. The molecule has 27 heavy (non-hydrogen) atoms. The molecule has 0 radical (unpaired) electrons. The molecule has 1 saturated carbocycles. The highest BCUT2D eigenvalue weighted by Gasteiger charge is 2.39. The highest BCUT2D eigenvalue weighted by atomic mass is 19.4. The Morgan fingerprint density at radius 2 is 1.93 bits per heavy atom. The maximum Gasteiger partial charge on any atom is 0.416 e. The molecule has 1 aromatic carbocycles. The minimum atomic E-state index is -4.58. The number of hydrogen-bond donors (Lipinski definition) is 2. The zero-order valence-corrected chi connectivity index (χ0v) is 14.8. The number of likely N-dealkylation sites (tertiary alicyclic amines) is 1. The first kappa shape index (κ1) is 19.7. The van der Waals surface area contributed by atoms with E-state index in [0.717, 1.165) is 31.7 Å². The van der Waals surface area contributed by atoms with Crippen molar-refractivity contribution in [1.82, 2.24) is 10.2 Å². The molecule has 1 saturated heterocycles. The summed E-state index contributed by atoms with van der Waals surface area (Å²) >= 11 is 0. The molecule has 2 atom stereocenters. The predicted molar refractivity (Wildman–Crippen MR) is 91.5 cm³/mol. The monoisotopic (exact) mass is 384 g/mol. The fraction of sp³-hybridized carbons (Fsp3) is 0.579. The van der Waals surface area contributed by atoms with Gasteiger partial charge in [-0.05, 0) is 24.5 Å². The molecule has 2 amide bonds. The molecular weight excluding hydrogens is 361 g/mol. The van der Waals surface area contributed by atoms with Gasteiger partial charge in [-0.1, -0.05) is 31.0 Å². The lowest BCUT2D eigenvalue weighted by atomic mass is 10.0. The van der Waals surface area contributed by atoms with E-state index in [0.29, 0.717) is 6.54 Å². The van der Waals surface area contributed by atoms with E-state index in [-0.39, 0.29) is 30.5 Å². The van der Waals surface area contributed by atoms with E-state index in [4.69, 9.17) is 0 Å². The summed E-state index contributed by atoms with van der Waals surface area (Å²) in [4.78, 5) is 26.3. The smallest absolute Gasteiger partial charge is 0.387 e. The topological polar surface area (TPSA) is 69.6 Å². The molecule has 2 fully saturated rings. The number of benzene rings is 1. The molecule has 1 aromatic rings. The number of aliphatic hydroxyl groups is 1. The Morgan fingerprint density at radius 1 is 1.26 bits per heavy atom. The predicted octanol–water partition coefficient (Wildman–Crippen LogP) is 2.65. The molecule has 0 aromatic heterocycles. The number of alkyl halides is 3. The summed E-state index contributed by atoms with van der Waals surface area (Å²) in [6.07, 6.45) is -1.89. The van der Waals surface area contributed by atoms with Crippen LogP contribution >= 0.6 is 0 Å². The van der Waals surface area contributed by atoms with Gasteiger partial charge in [0.1, 0.15) is 0 Å². The lowest BCUT2D eigenvalue weighted by Gasteiger charge is -2.24. The van der Waals surface area contributed by atoms with Crippen LogP contribution in [0.1, 0.15) is 49.3 Å². The Morgan fingerprint density at radius 3 is 2.59 bits per heavy atom. The van der Waals surface area contributed by atoms with Crippen molar-refractivity contribution in [3.05, 3.63) is 35.4 Å². The Hall–Kier alpha value is -2.09. The molecule has 1 heterocycles. The minimum Gasteiger partial charge on any atom is -0.387 e. The summed E-state index contributed by atoms with van der Waals surface area (Å²) in [5.41, 5.74) is -1.20. The molecule has 8 heteroatoms. The number of nitrogens with one attached hydrogen (secondary N) is 1. The second kappa shape index (κ2) is 7.88. The summed E-state index contributed by atoms with van der Waals surface area (Å²) in [5.74, 6) is -0.986. The standard InChI is InChI=1S/C19H23F3N2O3/c20-19(21,22)15-8-4-3-7-14(15)16(25)10-23-18(27)12-9-17(26)24(11-12)13-5-1-2-6-13/h3-4,7-8,12-13,16,25H,1-2,5-6,9-11H2,(H,23,27). The average molecular weight is 384 g/mol. The highest BCUT2D eigenvalue weighted by molar-refractivity contribution is 5.89. The number of halogens is 3. The second-order valence-electron chi connectivity index (χ2n) is 7.23. The van der Waals surface area contributed by atoms with Gasteiger partial charge < -0.3 is 15.3 Å². The quantitative estimate of drug-likeness (QED) is 0.820. The number of rotatable bonds is 5. The van der Waals surface area contributed by atoms with Crippen molar-refractivity contribution in [2.75, 3.05) is 13.1 Å². The molecule has 5 nitrogen and oxygen atoms in total. The normalized spacial score (nSPS) is 22.3. The summed E-state index contributed by atoms with van der Waals surface area (Å²) in [6.45, 7) is 0.00458. The molecule has 3 rings (SSSR count). The summed E-state index contributed by atoms with van der Waals surface area (Å²) in [7, 11) is 0. The van der Waals surface area contributed by atoms with Crippen molar-refractivity contribution < 1.29 is 27.9 Å². The first-order valence-corrected chi connectivity index (χ1v) is 9.18. The van der Waals surface area contributed by atoms with Crippen LogP contribution in [0.15, 0.2) is 24.3 Å². The van der Waals surface area contributed by atoms with Crippen molar-refractivity contribution in [3.63, 3.8) is 0 Å². The Bertz CT molecular complexity index is 702. The van der Waals surface area contributed by atoms with Crippen LogP contribution in [0.2, 0.25) is 0 Å². The van der Waals surface area contributed by atoms with Gasteiger partial charge in [-0.25, -0.2) is 0 Å². The van der Waals surface area contributed by atoms with Crippen LogP contribution in [0.25, 0.3) is 0 Å². The molecule has 2 aliphatic rings. The molecule has 2 unspecified atom stereocenters. The van der Waals surface area contributed by atoms with Gasteiger partial charge >= 0.3 is 6.18 Å². The fourth-order valence-electron chi connectivity index (χ4n) is 3.97. The number of amides is 2. The van der Waals surface area contributed by atoms with Crippen molar-refractivity contribution in [2.24, 2.45) is 5.92 Å². The SMILES string of the molecule is O=C(NCC(O)c1ccccc1C(F)(F)F)C1CC(=O)N(C2CCCC2)C1. The van der Waals surface area contributed by atoms with Gasteiger partial charge in [-0.2, -0.15) is 13.2 Å². The van der Waals surface area contributed by atoms with Crippen molar-refractivity contribution >= 4 is 11.8 Å². The third-order valence-corrected chi connectivity index (χ3v) is 5.39. The summed E-state index contributed by atoms with van der Waals surface area (Å²) in [6, 6.07) is 4.94. The molecular formula is C19H23F3N2O3. The molecule has 2 N–H and O–H groups in total. The van der Waals surface area contributed by atoms with Crippen LogP contribution in [0.4, 0.5) is 13.2 Å². The third kappa shape index (κ3) is 4.43.